The van der Waals surface area contributed by atoms with Gasteiger partial charge in [-0.2, -0.15) is 0 Å². The maximum absolute atomic E-state index is 5.32. The first-order chi connectivity index (χ1) is 28.8. The Morgan fingerprint density at radius 3 is 1.62 bits per heavy atom. The number of hydrogen-bond donors (Lipinski definition) is 0. The van der Waals surface area contributed by atoms with Crippen molar-refractivity contribution >= 4 is 38.7 Å². The molecule has 2 aliphatic carbocycles. The van der Waals surface area contributed by atoms with Crippen LogP contribution < -0.4 is 4.90 Å². The molecule has 1 heterocycles. The molecular formula is C56H36N2. The fourth-order valence-electron chi connectivity index (χ4n) is 10.1. The molecule has 270 valence electrons. The highest BCUT2D eigenvalue weighted by molar-refractivity contribution is 6.11. The summed E-state index contributed by atoms with van der Waals surface area (Å²) in [7, 11) is 0. The van der Waals surface area contributed by atoms with E-state index in [0.29, 0.717) is 0 Å². The third kappa shape index (κ3) is 4.63. The van der Waals surface area contributed by atoms with E-state index in [9.17, 15) is 0 Å². The van der Waals surface area contributed by atoms with E-state index in [2.05, 4.69) is 223 Å². The smallest absolute Gasteiger partial charge is 0.0788 e. The van der Waals surface area contributed by atoms with Crippen molar-refractivity contribution in [2.45, 2.75) is 5.41 Å². The summed E-state index contributed by atoms with van der Waals surface area (Å²) < 4.78 is 0. The first kappa shape index (κ1) is 32.7. The van der Waals surface area contributed by atoms with Crippen molar-refractivity contribution in [3.8, 4) is 44.6 Å². The minimum absolute atomic E-state index is 0.437. The first-order valence-corrected chi connectivity index (χ1v) is 20.1. The summed E-state index contributed by atoms with van der Waals surface area (Å²) in [4.78, 5) is 7.79. The second-order valence-electron chi connectivity index (χ2n) is 15.4. The fraction of sp³-hybridized carbons (Fsp3) is 0.0179. The van der Waals surface area contributed by atoms with Gasteiger partial charge in [-0.05, 0) is 91.9 Å². The lowest BCUT2D eigenvalue weighted by Gasteiger charge is -2.32. The molecule has 0 N–H and O–H groups in total. The van der Waals surface area contributed by atoms with E-state index in [0.717, 1.165) is 39.2 Å². The molecule has 12 rings (SSSR count). The van der Waals surface area contributed by atoms with E-state index in [1.54, 1.807) is 0 Å². The van der Waals surface area contributed by atoms with Gasteiger partial charge in [-0.3, -0.25) is 0 Å². The Kier molecular flexibility index (Phi) is 7.18. The van der Waals surface area contributed by atoms with Gasteiger partial charge in [0.2, 0.25) is 0 Å². The normalized spacial score (nSPS) is 13.0. The number of fused-ring (bicyclic) bond motifs is 13. The second kappa shape index (κ2) is 12.7. The molecule has 1 aromatic heterocycles. The zero-order chi connectivity index (χ0) is 38.2. The molecule has 0 unspecified atom stereocenters. The Hall–Kier alpha value is -7.55. The molecule has 2 nitrogen and oxygen atoms in total. The third-order valence-electron chi connectivity index (χ3n) is 12.5. The minimum Gasteiger partial charge on any atom is -0.310 e. The Labute approximate surface area is 338 Å². The van der Waals surface area contributed by atoms with Crippen LogP contribution in [0.5, 0.6) is 0 Å². The van der Waals surface area contributed by atoms with E-state index < -0.39 is 5.41 Å². The van der Waals surface area contributed by atoms with Crippen molar-refractivity contribution in [3.63, 3.8) is 0 Å². The van der Waals surface area contributed by atoms with Crippen LogP contribution in [0.4, 0.5) is 17.1 Å². The minimum atomic E-state index is -0.437. The molecule has 0 saturated carbocycles. The average molecular weight is 737 g/mol. The van der Waals surface area contributed by atoms with Crippen LogP contribution in [0.15, 0.2) is 218 Å². The molecule has 1 spiro atoms. The number of para-hydroxylation sites is 1. The molecule has 10 aromatic rings. The van der Waals surface area contributed by atoms with Crippen LogP contribution in [0, 0.1) is 0 Å². The van der Waals surface area contributed by atoms with Gasteiger partial charge in [0.15, 0.2) is 0 Å². The molecular weight excluding hydrogens is 701 g/mol. The Bertz CT molecular complexity index is 3190. The molecule has 0 atom stereocenters. The Morgan fingerprint density at radius 1 is 0.345 bits per heavy atom. The van der Waals surface area contributed by atoms with Crippen LogP contribution in [-0.4, -0.2) is 4.98 Å². The maximum Gasteiger partial charge on any atom is 0.0788 e. The topological polar surface area (TPSA) is 16.1 Å². The lowest BCUT2D eigenvalue weighted by Crippen LogP contribution is -2.26. The van der Waals surface area contributed by atoms with Crippen LogP contribution in [0.25, 0.3) is 66.3 Å². The van der Waals surface area contributed by atoms with E-state index in [-0.39, 0.29) is 0 Å². The molecule has 2 aliphatic rings. The number of hydrogen-bond acceptors (Lipinski definition) is 2. The zero-order valence-electron chi connectivity index (χ0n) is 31.7. The van der Waals surface area contributed by atoms with Crippen LogP contribution in [0.2, 0.25) is 0 Å². The molecule has 0 saturated heterocycles. The molecule has 2 heteroatoms. The monoisotopic (exact) mass is 736 g/mol. The standard InChI is InChI=1S/C56H36N2/c1-2-16-37(17-3-1)38-32-34-40(35-33-38)58(41-19-14-18-39(36-41)55-46-24-5-4-20-42(46)45-23-9-13-30-52(45)57-55)53-31-15-29-51-54(53)47-25-8-12-28-50(47)56(51)48-26-10-6-21-43(48)44-22-7-11-27-49(44)56/h1-36H. The largest absolute Gasteiger partial charge is 0.310 e. The van der Waals surface area contributed by atoms with Crippen LogP contribution in [-0.2, 0) is 5.41 Å². The van der Waals surface area contributed by atoms with Crippen molar-refractivity contribution in [2.24, 2.45) is 0 Å². The molecule has 0 fully saturated rings. The SMILES string of the molecule is c1ccc(-c2ccc(N(c3cccc(-c4nc5ccccc5c5ccccc45)c3)c3cccc4c3-c3ccccc3C43c4ccccc4-c4ccccc43)cc2)cc1. The van der Waals surface area contributed by atoms with Crippen LogP contribution in [0.1, 0.15) is 22.3 Å². The average Bonchev–Trinajstić information content (AvgIpc) is 3.77. The van der Waals surface area contributed by atoms with E-state index in [4.69, 9.17) is 4.98 Å². The predicted molar refractivity (Wildman–Crippen MR) is 241 cm³/mol. The van der Waals surface area contributed by atoms with Gasteiger partial charge >= 0.3 is 0 Å². The van der Waals surface area contributed by atoms with Crippen molar-refractivity contribution in [2.75, 3.05) is 4.90 Å². The summed E-state index contributed by atoms with van der Waals surface area (Å²) in [5.74, 6) is 0. The molecule has 0 radical (unpaired) electrons. The number of pyridine rings is 1. The summed E-state index contributed by atoms with van der Waals surface area (Å²) in [5, 5.41) is 3.52. The number of nitrogens with zero attached hydrogens (tertiary/aromatic N) is 2. The highest BCUT2D eigenvalue weighted by Crippen LogP contribution is 2.64. The van der Waals surface area contributed by atoms with Crippen molar-refractivity contribution in [1.82, 2.24) is 4.98 Å². The number of aromatic nitrogens is 1. The predicted octanol–water partition coefficient (Wildman–Crippen LogP) is 14.5. The van der Waals surface area contributed by atoms with E-state index >= 15 is 0 Å². The van der Waals surface area contributed by atoms with Gasteiger partial charge in [0.1, 0.15) is 0 Å². The molecule has 0 bridgehead atoms. The summed E-state index contributed by atoms with van der Waals surface area (Å²) in [6.07, 6.45) is 0. The highest BCUT2D eigenvalue weighted by Gasteiger charge is 2.52. The van der Waals surface area contributed by atoms with E-state index in [1.807, 2.05) is 0 Å². The number of rotatable bonds is 5. The summed E-state index contributed by atoms with van der Waals surface area (Å²) in [6, 6.07) is 79.8. The number of benzene rings is 9. The number of anilines is 3. The summed E-state index contributed by atoms with van der Waals surface area (Å²) in [5.41, 5.74) is 18.8. The van der Waals surface area contributed by atoms with Gasteiger partial charge in [0, 0.05) is 33.3 Å². The van der Waals surface area contributed by atoms with Gasteiger partial charge in [0.25, 0.3) is 0 Å². The Balaban J connectivity index is 1.12. The van der Waals surface area contributed by atoms with Gasteiger partial charge in [-0.1, -0.05) is 182 Å². The molecule has 58 heavy (non-hydrogen) atoms. The van der Waals surface area contributed by atoms with Gasteiger partial charge in [-0.25, -0.2) is 4.98 Å². The second-order valence-corrected chi connectivity index (χ2v) is 15.4. The molecule has 0 amide bonds. The molecule has 9 aromatic carbocycles. The van der Waals surface area contributed by atoms with Crippen LogP contribution in [0.3, 0.4) is 0 Å². The quantitative estimate of drug-likeness (QED) is 0.164. The lowest BCUT2D eigenvalue weighted by atomic mass is 9.70. The van der Waals surface area contributed by atoms with Crippen LogP contribution >= 0.6 is 0 Å². The first-order valence-electron chi connectivity index (χ1n) is 20.1. The third-order valence-corrected chi connectivity index (χ3v) is 12.5. The highest BCUT2D eigenvalue weighted by atomic mass is 15.1. The van der Waals surface area contributed by atoms with Crippen molar-refractivity contribution < 1.29 is 0 Å². The lowest BCUT2D eigenvalue weighted by molar-refractivity contribution is 0.794. The fourth-order valence-corrected chi connectivity index (χ4v) is 10.1. The summed E-state index contributed by atoms with van der Waals surface area (Å²) >= 11 is 0. The van der Waals surface area contributed by atoms with Gasteiger partial charge in [-0.15, -0.1) is 0 Å². The van der Waals surface area contributed by atoms with Crippen molar-refractivity contribution in [3.05, 3.63) is 241 Å². The maximum atomic E-state index is 5.32. The molecule has 0 aliphatic heterocycles. The summed E-state index contributed by atoms with van der Waals surface area (Å²) in [6.45, 7) is 0. The van der Waals surface area contributed by atoms with E-state index in [1.165, 1.54) is 66.4 Å². The zero-order valence-corrected chi connectivity index (χ0v) is 31.7. The van der Waals surface area contributed by atoms with Crippen molar-refractivity contribution in [1.29, 1.82) is 0 Å². The van der Waals surface area contributed by atoms with Gasteiger partial charge < -0.3 is 4.90 Å². The Morgan fingerprint density at radius 2 is 0.879 bits per heavy atom. The van der Waals surface area contributed by atoms with Gasteiger partial charge in [0.05, 0.1) is 22.3 Å².